The molecule has 0 unspecified atom stereocenters. The summed E-state index contributed by atoms with van der Waals surface area (Å²) in [6, 6.07) is 7.09. The quantitative estimate of drug-likeness (QED) is 0.116. The minimum absolute atomic E-state index is 0.266. The summed E-state index contributed by atoms with van der Waals surface area (Å²) in [7, 11) is 0. The van der Waals surface area contributed by atoms with Gasteiger partial charge >= 0.3 is 0 Å². The molecular weight excluding hydrogens is 432 g/mol. The molecule has 0 aliphatic heterocycles. The fourth-order valence-corrected chi connectivity index (χ4v) is 4.60. The number of ketones is 1. The van der Waals surface area contributed by atoms with Crippen molar-refractivity contribution in [3.63, 3.8) is 0 Å². The molecule has 0 saturated carbocycles. The van der Waals surface area contributed by atoms with Crippen molar-refractivity contribution in [3.8, 4) is 5.75 Å². The highest BCUT2D eigenvalue weighted by Gasteiger charge is 2.24. The standard InChI is InChI=1S/C32H56O3/c1-4-5-6-7-8-9-10-11-12-13-14-15-16-17-18-19-20-21-22-23-28-35-30-26-24-29(25-27-30)31(33)32(2,3)34/h24-27,34H,4-23,28H2,1-3H3. The second-order valence-corrected chi connectivity index (χ2v) is 11.0. The third kappa shape index (κ3) is 17.7. The van der Waals surface area contributed by atoms with Gasteiger partial charge in [-0.3, -0.25) is 4.79 Å². The van der Waals surface area contributed by atoms with Crippen molar-refractivity contribution < 1.29 is 14.6 Å². The number of carbonyl (C=O) groups is 1. The van der Waals surface area contributed by atoms with Crippen LogP contribution in [0, 0.1) is 0 Å². The van der Waals surface area contributed by atoms with Crippen LogP contribution in [0.25, 0.3) is 0 Å². The molecule has 1 aromatic carbocycles. The second kappa shape index (κ2) is 20.8. The van der Waals surface area contributed by atoms with Gasteiger partial charge in [0.25, 0.3) is 0 Å². The van der Waals surface area contributed by atoms with E-state index in [0.717, 1.165) is 18.8 Å². The molecule has 35 heavy (non-hydrogen) atoms. The highest BCUT2D eigenvalue weighted by molar-refractivity contribution is 6.01. The number of unbranched alkanes of at least 4 members (excludes halogenated alkanes) is 19. The number of carbonyl (C=O) groups excluding carboxylic acids is 1. The zero-order valence-electron chi connectivity index (χ0n) is 23.4. The van der Waals surface area contributed by atoms with Gasteiger partial charge in [-0.25, -0.2) is 0 Å². The Morgan fingerprint density at radius 3 is 1.31 bits per heavy atom. The van der Waals surface area contributed by atoms with Gasteiger partial charge < -0.3 is 9.84 Å². The third-order valence-electron chi connectivity index (χ3n) is 6.94. The van der Waals surface area contributed by atoms with Gasteiger partial charge in [-0.1, -0.05) is 129 Å². The van der Waals surface area contributed by atoms with Gasteiger partial charge in [0, 0.05) is 5.56 Å². The molecule has 0 aromatic heterocycles. The van der Waals surface area contributed by atoms with E-state index in [2.05, 4.69) is 6.92 Å². The summed E-state index contributed by atoms with van der Waals surface area (Å²) >= 11 is 0. The predicted octanol–water partition coefficient (Wildman–Crippen LogP) is 9.84. The summed E-state index contributed by atoms with van der Waals surface area (Å²) in [5, 5.41) is 9.82. The summed E-state index contributed by atoms with van der Waals surface area (Å²) < 4.78 is 5.79. The normalized spacial score (nSPS) is 11.7. The lowest BCUT2D eigenvalue weighted by Gasteiger charge is -2.15. The van der Waals surface area contributed by atoms with Crippen LogP contribution in [0.4, 0.5) is 0 Å². The van der Waals surface area contributed by atoms with Gasteiger partial charge in [-0.15, -0.1) is 0 Å². The van der Waals surface area contributed by atoms with Crippen LogP contribution in [0.15, 0.2) is 24.3 Å². The Morgan fingerprint density at radius 1 is 0.629 bits per heavy atom. The molecule has 0 saturated heterocycles. The molecule has 0 heterocycles. The first-order valence-corrected chi connectivity index (χ1v) is 14.9. The molecule has 0 atom stereocenters. The Balaban J connectivity index is 1.82. The Bertz CT molecular complexity index is 615. The number of hydrogen-bond acceptors (Lipinski definition) is 3. The highest BCUT2D eigenvalue weighted by atomic mass is 16.5. The molecule has 0 fully saturated rings. The van der Waals surface area contributed by atoms with Gasteiger partial charge in [-0.2, -0.15) is 0 Å². The summed E-state index contributed by atoms with van der Waals surface area (Å²) in [4.78, 5) is 12.0. The van der Waals surface area contributed by atoms with E-state index in [1.807, 2.05) is 12.1 Å². The van der Waals surface area contributed by atoms with Crippen molar-refractivity contribution >= 4 is 5.78 Å². The first-order valence-electron chi connectivity index (χ1n) is 14.9. The Morgan fingerprint density at radius 2 is 0.971 bits per heavy atom. The summed E-state index contributed by atoms with van der Waals surface area (Å²) in [5.41, 5.74) is -0.821. The summed E-state index contributed by atoms with van der Waals surface area (Å²) in [6.07, 6.45) is 27.8. The lowest BCUT2D eigenvalue weighted by atomic mass is 9.97. The molecule has 3 heteroatoms. The average molecular weight is 489 g/mol. The lowest BCUT2D eigenvalue weighted by Crippen LogP contribution is -2.30. The van der Waals surface area contributed by atoms with E-state index in [-0.39, 0.29) is 5.78 Å². The van der Waals surface area contributed by atoms with Crippen molar-refractivity contribution in [2.75, 3.05) is 6.61 Å². The maximum absolute atomic E-state index is 12.0. The molecule has 0 spiro atoms. The van der Waals surface area contributed by atoms with E-state index < -0.39 is 5.60 Å². The van der Waals surface area contributed by atoms with Gasteiger partial charge in [0.1, 0.15) is 11.4 Å². The topological polar surface area (TPSA) is 46.5 Å². The van der Waals surface area contributed by atoms with E-state index >= 15 is 0 Å². The molecule has 0 amide bonds. The largest absolute Gasteiger partial charge is 0.494 e. The number of benzene rings is 1. The third-order valence-corrected chi connectivity index (χ3v) is 6.94. The molecule has 0 aliphatic rings. The number of Topliss-reactive ketones (excluding diaryl/α,β-unsaturated/α-hetero) is 1. The fraction of sp³-hybridized carbons (Fsp3) is 0.781. The smallest absolute Gasteiger partial charge is 0.193 e. The van der Waals surface area contributed by atoms with Crippen LogP contribution in [0.1, 0.15) is 160 Å². The van der Waals surface area contributed by atoms with Crippen LogP contribution >= 0.6 is 0 Å². The van der Waals surface area contributed by atoms with Crippen molar-refractivity contribution in [2.45, 2.75) is 155 Å². The molecular formula is C32H56O3. The van der Waals surface area contributed by atoms with Crippen LogP contribution < -0.4 is 4.74 Å². The molecule has 0 radical (unpaired) electrons. The van der Waals surface area contributed by atoms with E-state index in [0.29, 0.717) is 5.56 Å². The van der Waals surface area contributed by atoms with Crippen molar-refractivity contribution in [1.29, 1.82) is 0 Å². The van der Waals surface area contributed by atoms with Crippen LogP contribution in [0.2, 0.25) is 0 Å². The van der Waals surface area contributed by atoms with E-state index in [9.17, 15) is 9.90 Å². The second-order valence-electron chi connectivity index (χ2n) is 11.0. The molecule has 1 rings (SSSR count). The Hall–Kier alpha value is -1.35. The highest BCUT2D eigenvalue weighted by Crippen LogP contribution is 2.18. The molecule has 202 valence electrons. The number of ether oxygens (including phenoxy) is 1. The zero-order chi connectivity index (χ0) is 25.6. The molecule has 3 nitrogen and oxygen atoms in total. The van der Waals surface area contributed by atoms with E-state index in [1.165, 1.54) is 136 Å². The van der Waals surface area contributed by atoms with Gasteiger partial charge in [0.05, 0.1) is 6.61 Å². The maximum Gasteiger partial charge on any atom is 0.193 e. The van der Waals surface area contributed by atoms with E-state index in [1.54, 1.807) is 12.1 Å². The van der Waals surface area contributed by atoms with Crippen molar-refractivity contribution in [3.05, 3.63) is 29.8 Å². The minimum Gasteiger partial charge on any atom is -0.494 e. The average Bonchev–Trinajstić information content (AvgIpc) is 2.84. The number of hydrogen-bond donors (Lipinski definition) is 1. The van der Waals surface area contributed by atoms with Crippen molar-refractivity contribution in [2.24, 2.45) is 0 Å². The van der Waals surface area contributed by atoms with Crippen LogP contribution in [0.3, 0.4) is 0 Å². The molecule has 0 aliphatic carbocycles. The zero-order valence-corrected chi connectivity index (χ0v) is 23.4. The molecule has 1 N–H and O–H groups in total. The first-order chi connectivity index (χ1) is 16.9. The van der Waals surface area contributed by atoms with Gasteiger partial charge in [0.2, 0.25) is 0 Å². The lowest BCUT2D eigenvalue weighted by molar-refractivity contribution is 0.0488. The summed E-state index contributed by atoms with van der Waals surface area (Å²) in [5.74, 6) is 0.522. The molecule has 1 aromatic rings. The van der Waals surface area contributed by atoms with E-state index in [4.69, 9.17) is 4.74 Å². The SMILES string of the molecule is CCCCCCCCCCCCCCCCCCCCCCOc1ccc(C(=O)C(C)(C)O)cc1. The monoisotopic (exact) mass is 488 g/mol. The van der Waals surface area contributed by atoms with Crippen LogP contribution in [-0.4, -0.2) is 23.1 Å². The fourth-order valence-electron chi connectivity index (χ4n) is 4.60. The van der Waals surface area contributed by atoms with Gasteiger partial charge in [0.15, 0.2) is 5.78 Å². The van der Waals surface area contributed by atoms with Crippen molar-refractivity contribution in [1.82, 2.24) is 0 Å². The number of aliphatic hydroxyl groups is 1. The molecule has 0 bridgehead atoms. The first kappa shape index (κ1) is 31.7. The predicted molar refractivity (Wildman–Crippen MR) is 151 cm³/mol. The maximum atomic E-state index is 12.0. The Labute approximate surface area is 217 Å². The number of rotatable bonds is 24. The van der Waals surface area contributed by atoms with Crippen LogP contribution in [-0.2, 0) is 0 Å². The summed E-state index contributed by atoms with van der Waals surface area (Å²) in [6.45, 7) is 6.04. The Kier molecular flexibility index (Phi) is 18.8. The minimum atomic E-state index is -1.34. The van der Waals surface area contributed by atoms with Gasteiger partial charge in [-0.05, 0) is 44.5 Å². The van der Waals surface area contributed by atoms with Crippen LogP contribution in [0.5, 0.6) is 5.75 Å².